The topological polar surface area (TPSA) is 123 Å². The number of azo groups is 1. The lowest BCUT2D eigenvalue weighted by atomic mass is 9.56. The Hall–Kier alpha value is -6.19. The van der Waals surface area contributed by atoms with Gasteiger partial charge in [-0.05, 0) is 84.3 Å². The van der Waals surface area contributed by atoms with Gasteiger partial charge in [-0.25, -0.2) is 26.9 Å². The molecule has 1 N–H and O–H groups in total. The van der Waals surface area contributed by atoms with Gasteiger partial charge in [-0.2, -0.15) is 10.2 Å². The first-order chi connectivity index (χ1) is 29.0. The van der Waals surface area contributed by atoms with E-state index >= 15 is 8.78 Å². The highest BCUT2D eigenvalue weighted by Gasteiger charge is 2.77. The van der Waals surface area contributed by atoms with Crippen LogP contribution in [0.3, 0.4) is 0 Å². The van der Waals surface area contributed by atoms with Gasteiger partial charge >= 0.3 is 0 Å². The van der Waals surface area contributed by atoms with Gasteiger partial charge in [-0.3, -0.25) is 24.1 Å². The number of aromatic hydroxyl groups is 1. The SMILES string of the molecule is CN(C)c1ccc(N=Nc2ccc(N3C(=O)[C@H]4[C@H](CC=C5[C@H]4C[C@@]4(Cl)C(=O)N(c6c(F)c(F)c(F)c(F)c6F)C(=O)[C@@]4(Cl)[C@H]5c4ccc(O)c5ccccc45)C3=O)cc2)cc1. The van der Waals surface area contributed by atoms with Crippen molar-refractivity contribution in [2.75, 3.05) is 28.8 Å². The quantitative estimate of drug-likeness (QED) is 0.0345. The molecule has 1 saturated carbocycles. The first-order valence-electron chi connectivity index (χ1n) is 18.9. The highest BCUT2D eigenvalue weighted by Crippen LogP contribution is 2.66. The van der Waals surface area contributed by atoms with E-state index in [1.54, 1.807) is 54.6 Å². The maximum absolute atomic E-state index is 15.5. The predicted molar refractivity (Wildman–Crippen MR) is 216 cm³/mol. The number of fused-ring (bicyclic) bond motifs is 5. The molecule has 2 saturated heterocycles. The Kier molecular flexibility index (Phi) is 9.36. The van der Waals surface area contributed by atoms with E-state index in [9.17, 15) is 37.5 Å². The van der Waals surface area contributed by atoms with Crippen LogP contribution in [0.2, 0.25) is 0 Å². The molecule has 0 radical (unpaired) electrons. The van der Waals surface area contributed by atoms with Crippen molar-refractivity contribution in [3.05, 3.63) is 131 Å². The van der Waals surface area contributed by atoms with E-state index in [2.05, 4.69) is 10.2 Å². The smallest absolute Gasteiger partial charge is 0.258 e. The summed E-state index contributed by atoms with van der Waals surface area (Å²) in [5.41, 5.74) is 0.789. The zero-order valence-corrected chi connectivity index (χ0v) is 33.4. The van der Waals surface area contributed by atoms with Crippen molar-refractivity contribution >= 4 is 86.0 Å². The van der Waals surface area contributed by atoms with Crippen LogP contribution in [0.15, 0.2) is 107 Å². The number of rotatable bonds is 6. The number of hydrogen-bond acceptors (Lipinski definition) is 8. The Bertz CT molecular complexity index is 2800. The van der Waals surface area contributed by atoms with E-state index in [1.807, 2.05) is 31.1 Å². The van der Waals surface area contributed by atoms with Crippen molar-refractivity contribution in [3.8, 4) is 5.75 Å². The lowest BCUT2D eigenvalue weighted by molar-refractivity contribution is -0.125. The molecule has 310 valence electrons. The molecule has 10 nitrogen and oxygen atoms in total. The standard InChI is InChI=1S/C44H30Cl2F5N5O5/c1-54(2)22-11-7-20(8-12-22)52-53-21-9-13-23(14-10-21)55-39(58)28-16-15-27-29(31(28)40(55)59)19-43(45)41(60)56(38-36(50)34(48)33(47)35(49)37(38)51)42(61)44(43,46)32(27)26-17-18-30(57)25-6-4-3-5-24(25)26/h3-15,17-18,28-29,31-32,57H,16,19H2,1-2H3/t28-,29+,31-,32-,43+,44-/m0/s1. The fraction of sp³-hybridized carbons (Fsp3) is 0.227. The minimum atomic E-state index is -2.72. The summed E-state index contributed by atoms with van der Waals surface area (Å²) in [5, 5.41) is 19.9. The van der Waals surface area contributed by atoms with Crippen molar-refractivity contribution in [1.29, 1.82) is 0 Å². The molecule has 17 heteroatoms. The molecule has 0 aromatic heterocycles. The van der Waals surface area contributed by atoms with Gasteiger partial charge in [0.05, 0.1) is 28.9 Å². The number of nitrogens with zero attached hydrogens (tertiary/aromatic N) is 5. The van der Waals surface area contributed by atoms with E-state index < -0.39 is 98.2 Å². The molecule has 2 heterocycles. The number of allylic oxidation sites excluding steroid dienone is 2. The lowest BCUT2D eigenvalue weighted by Gasteiger charge is -2.51. The van der Waals surface area contributed by atoms with Crippen LogP contribution in [0.1, 0.15) is 24.3 Å². The fourth-order valence-electron chi connectivity index (χ4n) is 9.33. The van der Waals surface area contributed by atoms with E-state index in [1.165, 1.54) is 24.3 Å². The van der Waals surface area contributed by atoms with Crippen molar-refractivity contribution in [2.24, 2.45) is 28.0 Å². The summed E-state index contributed by atoms with van der Waals surface area (Å²) in [6.45, 7) is 0. The summed E-state index contributed by atoms with van der Waals surface area (Å²) in [5.74, 6) is -21.8. The molecule has 4 aliphatic rings. The normalized spacial score (nSPS) is 26.0. The number of phenols is 1. The van der Waals surface area contributed by atoms with Crippen LogP contribution in [-0.4, -0.2) is 52.6 Å². The van der Waals surface area contributed by atoms with Crippen LogP contribution in [-0.2, 0) is 19.2 Å². The van der Waals surface area contributed by atoms with Crippen LogP contribution in [0, 0.1) is 46.8 Å². The number of amides is 4. The van der Waals surface area contributed by atoms with Gasteiger partial charge < -0.3 is 10.0 Å². The van der Waals surface area contributed by atoms with Gasteiger partial charge in [-0.15, -0.1) is 23.2 Å². The van der Waals surface area contributed by atoms with Gasteiger partial charge in [0.2, 0.25) is 17.6 Å². The summed E-state index contributed by atoms with van der Waals surface area (Å²) < 4.78 is 74.4. The Balaban J connectivity index is 1.13. The van der Waals surface area contributed by atoms with Crippen LogP contribution in [0.25, 0.3) is 10.8 Å². The molecular formula is C44H30Cl2F5N5O5. The van der Waals surface area contributed by atoms with Gasteiger partial charge in [0, 0.05) is 31.1 Å². The molecule has 5 aromatic rings. The number of benzene rings is 5. The van der Waals surface area contributed by atoms with Crippen molar-refractivity contribution < 1.29 is 46.2 Å². The molecule has 0 unspecified atom stereocenters. The number of hydrogen-bond donors (Lipinski definition) is 1. The van der Waals surface area contributed by atoms with E-state index in [0.29, 0.717) is 16.8 Å². The van der Waals surface area contributed by atoms with E-state index in [0.717, 1.165) is 10.6 Å². The molecule has 6 atom stereocenters. The number of carbonyl (C=O) groups excluding carboxylic acids is 4. The van der Waals surface area contributed by atoms with Crippen LogP contribution in [0.5, 0.6) is 5.75 Å². The Morgan fingerprint density at radius 2 is 1.26 bits per heavy atom. The molecule has 3 fully saturated rings. The second kappa shape index (κ2) is 14.2. The molecule has 5 aromatic carbocycles. The van der Waals surface area contributed by atoms with Crippen LogP contribution < -0.4 is 14.7 Å². The first kappa shape index (κ1) is 40.2. The monoisotopic (exact) mass is 873 g/mol. The number of halogens is 7. The zero-order chi connectivity index (χ0) is 43.4. The minimum absolute atomic E-state index is 0.0469. The second-order valence-electron chi connectivity index (χ2n) is 15.6. The van der Waals surface area contributed by atoms with Crippen molar-refractivity contribution in [3.63, 3.8) is 0 Å². The van der Waals surface area contributed by atoms with Gasteiger partial charge in [0.15, 0.2) is 33.0 Å². The Morgan fingerprint density at radius 1 is 0.689 bits per heavy atom. The van der Waals surface area contributed by atoms with Crippen LogP contribution in [0.4, 0.5) is 50.4 Å². The summed E-state index contributed by atoms with van der Waals surface area (Å²) in [7, 11) is 3.82. The van der Waals surface area contributed by atoms with Crippen molar-refractivity contribution in [1.82, 2.24) is 0 Å². The predicted octanol–water partition coefficient (Wildman–Crippen LogP) is 9.49. The maximum Gasteiger partial charge on any atom is 0.258 e. The fourth-order valence-corrected chi connectivity index (χ4v) is 10.3. The molecule has 9 rings (SSSR count). The molecule has 61 heavy (non-hydrogen) atoms. The molecule has 0 bridgehead atoms. The number of carbonyl (C=O) groups is 4. The molecule has 2 aliphatic heterocycles. The Morgan fingerprint density at radius 3 is 1.87 bits per heavy atom. The van der Waals surface area contributed by atoms with E-state index in [4.69, 9.17) is 23.2 Å². The summed E-state index contributed by atoms with van der Waals surface area (Å²) in [4.78, 5) is 55.4. The number of alkyl halides is 2. The third-order valence-electron chi connectivity index (χ3n) is 12.2. The van der Waals surface area contributed by atoms with Gasteiger partial charge in [-0.1, -0.05) is 42.0 Å². The average Bonchev–Trinajstić information content (AvgIpc) is 3.59. The van der Waals surface area contributed by atoms with E-state index in [-0.39, 0.29) is 39.3 Å². The largest absolute Gasteiger partial charge is 0.507 e. The Labute approximate surface area is 353 Å². The summed E-state index contributed by atoms with van der Waals surface area (Å²) >= 11 is 14.6. The third-order valence-corrected chi connectivity index (χ3v) is 13.6. The molecule has 0 spiro atoms. The van der Waals surface area contributed by atoms with Gasteiger partial charge in [0.1, 0.15) is 11.4 Å². The summed E-state index contributed by atoms with van der Waals surface area (Å²) in [6, 6.07) is 22.6. The zero-order valence-electron chi connectivity index (χ0n) is 31.8. The molecule has 4 amide bonds. The lowest BCUT2D eigenvalue weighted by Crippen LogP contribution is -2.60. The number of imide groups is 2. The third kappa shape index (κ3) is 5.66. The first-order valence-corrected chi connectivity index (χ1v) is 19.6. The highest BCUT2D eigenvalue weighted by molar-refractivity contribution is 6.58. The van der Waals surface area contributed by atoms with Gasteiger partial charge in [0.25, 0.3) is 11.8 Å². The maximum atomic E-state index is 15.5. The number of anilines is 3. The summed E-state index contributed by atoms with van der Waals surface area (Å²) in [6.07, 6.45) is 0.908. The van der Waals surface area contributed by atoms with Crippen LogP contribution >= 0.6 is 23.2 Å². The van der Waals surface area contributed by atoms with Crippen molar-refractivity contribution in [2.45, 2.75) is 28.5 Å². The molecular weight excluding hydrogens is 844 g/mol. The minimum Gasteiger partial charge on any atom is -0.507 e. The second-order valence-corrected chi connectivity index (χ2v) is 16.8. The highest BCUT2D eigenvalue weighted by atomic mass is 35.5. The number of phenolic OH excluding ortho intramolecular Hbond substituents is 1. The average molecular weight is 875 g/mol. The molecule has 2 aliphatic carbocycles.